The molecule has 0 aliphatic carbocycles. The fourth-order valence-corrected chi connectivity index (χ4v) is 3.67. The summed E-state index contributed by atoms with van der Waals surface area (Å²) in [6.45, 7) is 2.94. The lowest BCUT2D eigenvalue weighted by molar-refractivity contribution is 0.489. The molecule has 116 valence electrons. The van der Waals surface area contributed by atoms with Crippen molar-refractivity contribution < 1.29 is 21.2 Å². The van der Waals surface area contributed by atoms with Crippen LogP contribution in [0, 0.1) is 17.1 Å². The highest BCUT2D eigenvalue weighted by Crippen LogP contribution is 2.21. The van der Waals surface area contributed by atoms with Crippen molar-refractivity contribution in [2.24, 2.45) is 0 Å². The van der Waals surface area contributed by atoms with Crippen LogP contribution in [0.5, 0.6) is 0 Å². The number of hydrogen-bond acceptors (Lipinski definition) is 5. The first-order chi connectivity index (χ1) is 9.45. The van der Waals surface area contributed by atoms with Crippen LogP contribution in [0.15, 0.2) is 28.0 Å². The molecule has 1 N–H and O–H groups in total. The molecule has 0 aromatic heterocycles. The normalized spacial score (nSPS) is 15.2. The third-order valence-corrected chi connectivity index (χ3v) is 5.66. The molecule has 6 nitrogen and oxygen atoms in total. The van der Waals surface area contributed by atoms with Gasteiger partial charge in [-0.15, -0.1) is 0 Å². The van der Waals surface area contributed by atoms with Crippen LogP contribution in [0.1, 0.15) is 20.3 Å². The number of halogens is 1. The Balaban J connectivity index is 3.43. The third-order valence-electron chi connectivity index (χ3n) is 2.93. The quantitative estimate of drug-likeness (QED) is 0.815. The van der Waals surface area contributed by atoms with Gasteiger partial charge >= 0.3 is 0 Å². The van der Waals surface area contributed by atoms with E-state index in [0.717, 1.165) is 24.5 Å². The van der Waals surface area contributed by atoms with Gasteiger partial charge in [-0.2, -0.15) is 9.98 Å². The topological polar surface area (TPSA) is 104 Å². The molecule has 0 saturated carbocycles. The maximum atomic E-state index is 13.7. The molecule has 0 bridgehead atoms. The van der Waals surface area contributed by atoms with Crippen molar-refractivity contribution in [3.05, 3.63) is 24.0 Å². The summed E-state index contributed by atoms with van der Waals surface area (Å²) in [6.07, 6.45) is 1.05. The van der Waals surface area contributed by atoms with E-state index in [1.807, 2.05) is 0 Å². The average Bonchev–Trinajstić information content (AvgIpc) is 2.37. The van der Waals surface area contributed by atoms with Gasteiger partial charge in [-0.05, 0) is 31.5 Å². The predicted molar refractivity (Wildman–Crippen MR) is 74.1 cm³/mol. The minimum Gasteiger partial charge on any atom is -0.224 e. The lowest BCUT2D eigenvalue weighted by atomic mass is 10.0. The summed E-state index contributed by atoms with van der Waals surface area (Å²) >= 11 is 0. The smallest absolute Gasteiger partial charge is 0.224 e. The second-order valence-corrected chi connectivity index (χ2v) is 8.43. The second-order valence-electron chi connectivity index (χ2n) is 4.77. The van der Waals surface area contributed by atoms with Crippen LogP contribution in [0.3, 0.4) is 0 Å². The zero-order valence-electron chi connectivity index (χ0n) is 11.7. The van der Waals surface area contributed by atoms with Gasteiger partial charge in [0, 0.05) is 6.26 Å². The number of benzene rings is 1. The molecule has 1 unspecified atom stereocenters. The first kappa shape index (κ1) is 17.6. The molecule has 0 aliphatic rings. The molecule has 0 radical (unpaired) electrons. The molecule has 9 heteroatoms. The minimum atomic E-state index is -4.37. The molecule has 1 rings (SSSR count). The summed E-state index contributed by atoms with van der Waals surface area (Å²) in [6, 6.07) is 4.27. The van der Waals surface area contributed by atoms with Gasteiger partial charge in [0.25, 0.3) is 0 Å². The molecule has 0 amide bonds. The van der Waals surface area contributed by atoms with Gasteiger partial charge in [0.2, 0.25) is 10.0 Å². The van der Waals surface area contributed by atoms with E-state index in [0.29, 0.717) is 0 Å². The van der Waals surface area contributed by atoms with E-state index in [2.05, 4.69) is 4.72 Å². The Hall–Kier alpha value is -1.50. The van der Waals surface area contributed by atoms with Crippen molar-refractivity contribution in [3.63, 3.8) is 0 Å². The van der Waals surface area contributed by atoms with E-state index >= 15 is 0 Å². The Morgan fingerprint density at radius 1 is 1.33 bits per heavy atom. The first-order valence-electron chi connectivity index (χ1n) is 5.90. The molecule has 0 heterocycles. The van der Waals surface area contributed by atoms with E-state index in [1.165, 1.54) is 6.92 Å². The van der Waals surface area contributed by atoms with Gasteiger partial charge in [-0.3, -0.25) is 0 Å². The van der Waals surface area contributed by atoms with E-state index in [1.54, 1.807) is 13.0 Å². The van der Waals surface area contributed by atoms with E-state index in [-0.39, 0.29) is 11.3 Å². The Labute approximate surface area is 123 Å². The van der Waals surface area contributed by atoms with Crippen molar-refractivity contribution in [1.82, 2.24) is 4.72 Å². The van der Waals surface area contributed by atoms with E-state index in [9.17, 15) is 21.2 Å². The Kier molecular flexibility index (Phi) is 4.77. The molecule has 0 saturated heterocycles. The highest BCUT2D eigenvalue weighted by Gasteiger charge is 2.31. The summed E-state index contributed by atoms with van der Waals surface area (Å²) in [5.74, 6) is -1.09. The number of rotatable bonds is 5. The molecular weight excluding hydrogens is 319 g/mol. The molecule has 0 spiro atoms. The summed E-state index contributed by atoms with van der Waals surface area (Å²) in [5, 5.41) is 8.98. The third kappa shape index (κ3) is 4.00. The number of nitrogens with zero attached hydrogens (tertiary/aromatic N) is 1. The van der Waals surface area contributed by atoms with Crippen LogP contribution in [-0.4, -0.2) is 28.6 Å². The fraction of sp³-hybridized carbons (Fsp3) is 0.417. The van der Waals surface area contributed by atoms with E-state index in [4.69, 9.17) is 5.26 Å². The molecule has 1 atom stereocenters. The number of nitrogens with one attached hydrogen (secondary N) is 1. The molecule has 0 aliphatic heterocycles. The lowest BCUT2D eigenvalue weighted by Gasteiger charge is -2.21. The van der Waals surface area contributed by atoms with Gasteiger partial charge in [-0.25, -0.2) is 21.2 Å². The van der Waals surface area contributed by atoms with Gasteiger partial charge < -0.3 is 0 Å². The zero-order valence-corrected chi connectivity index (χ0v) is 13.3. The Morgan fingerprint density at radius 3 is 2.33 bits per heavy atom. The summed E-state index contributed by atoms with van der Waals surface area (Å²) in [4.78, 5) is -1.13. The highest BCUT2D eigenvalue weighted by molar-refractivity contribution is 7.91. The highest BCUT2D eigenvalue weighted by atomic mass is 32.2. The summed E-state index contributed by atoms with van der Waals surface area (Å²) in [7, 11) is -8.05. The van der Waals surface area contributed by atoms with Crippen LogP contribution in [0.2, 0.25) is 0 Å². The summed E-state index contributed by atoms with van der Waals surface area (Å²) < 4.78 is 63.0. The number of sulfonamides is 1. The van der Waals surface area contributed by atoms with Crippen LogP contribution in [-0.2, 0) is 19.9 Å². The average molecular weight is 334 g/mol. The second kappa shape index (κ2) is 5.71. The standard InChI is InChI=1S/C12H15FN2O4S2/c1-4-12(2,8-14)15-21(18,19)11-7-9(20(3,16)17)5-6-10(11)13/h5-7,15H,4H2,1-3H3. The monoisotopic (exact) mass is 334 g/mol. The van der Waals surface area contributed by atoms with Gasteiger partial charge in [0.1, 0.15) is 16.3 Å². The van der Waals surface area contributed by atoms with Gasteiger partial charge in [0.15, 0.2) is 9.84 Å². The number of nitriles is 1. The minimum absolute atomic E-state index is 0.163. The van der Waals surface area contributed by atoms with Gasteiger partial charge in [-0.1, -0.05) is 6.92 Å². The van der Waals surface area contributed by atoms with E-state index < -0.39 is 36.1 Å². The lowest BCUT2D eigenvalue weighted by Crippen LogP contribution is -2.44. The Morgan fingerprint density at radius 2 is 1.90 bits per heavy atom. The maximum Gasteiger partial charge on any atom is 0.244 e. The van der Waals surface area contributed by atoms with Crippen LogP contribution < -0.4 is 4.72 Å². The van der Waals surface area contributed by atoms with Crippen LogP contribution >= 0.6 is 0 Å². The van der Waals surface area contributed by atoms with Crippen molar-refractivity contribution >= 4 is 19.9 Å². The fourth-order valence-electron chi connectivity index (χ4n) is 1.45. The molecule has 21 heavy (non-hydrogen) atoms. The molecule has 1 aromatic rings. The first-order valence-corrected chi connectivity index (χ1v) is 9.27. The predicted octanol–water partition coefficient (Wildman–Crippen LogP) is 1.20. The van der Waals surface area contributed by atoms with Crippen molar-refractivity contribution in [2.75, 3.05) is 6.26 Å². The molecular formula is C12H15FN2O4S2. The molecule has 1 aromatic carbocycles. The van der Waals surface area contributed by atoms with Crippen LogP contribution in [0.4, 0.5) is 4.39 Å². The van der Waals surface area contributed by atoms with Gasteiger partial charge in [0.05, 0.1) is 11.0 Å². The number of hydrogen-bond donors (Lipinski definition) is 1. The summed E-state index contributed by atoms with van der Waals surface area (Å²) in [5.41, 5.74) is -1.41. The van der Waals surface area contributed by atoms with Crippen LogP contribution in [0.25, 0.3) is 0 Å². The maximum absolute atomic E-state index is 13.7. The number of sulfone groups is 1. The molecule has 0 fully saturated rings. The SMILES string of the molecule is CCC(C)(C#N)NS(=O)(=O)c1cc(S(C)(=O)=O)ccc1F. The van der Waals surface area contributed by atoms with Crippen molar-refractivity contribution in [2.45, 2.75) is 35.6 Å². The zero-order chi connectivity index (χ0) is 16.5. The van der Waals surface area contributed by atoms with Crippen molar-refractivity contribution in [3.8, 4) is 6.07 Å². The Bertz CT molecular complexity index is 797. The largest absolute Gasteiger partial charge is 0.244 e. The van der Waals surface area contributed by atoms with Crippen molar-refractivity contribution in [1.29, 1.82) is 5.26 Å².